The summed E-state index contributed by atoms with van der Waals surface area (Å²) < 4.78 is 13.2. The molecule has 1 unspecified atom stereocenters. The summed E-state index contributed by atoms with van der Waals surface area (Å²) in [7, 11) is 0. The first-order valence-corrected chi connectivity index (χ1v) is 8.38. The Kier molecular flexibility index (Phi) is 4.19. The summed E-state index contributed by atoms with van der Waals surface area (Å²) >= 11 is 0. The second-order valence-electron chi connectivity index (χ2n) is 6.14. The van der Waals surface area contributed by atoms with E-state index in [1.54, 1.807) is 12.4 Å². The van der Waals surface area contributed by atoms with Gasteiger partial charge in [0, 0.05) is 31.6 Å². The van der Waals surface area contributed by atoms with Crippen LogP contribution in [0.2, 0.25) is 0 Å². The average molecular weight is 342 g/mol. The van der Waals surface area contributed by atoms with E-state index >= 15 is 0 Å². The minimum Gasteiger partial charge on any atom is -0.354 e. The molecule has 1 amide bonds. The molecule has 7 nitrogen and oxygen atoms in total. The lowest BCUT2D eigenvalue weighted by atomic mass is 10.1. The Morgan fingerprint density at radius 3 is 3.24 bits per heavy atom. The van der Waals surface area contributed by atoms with Crippen molar-refractivity contribution in [2.24, 2.45) is 0 Å². The Morgan fingerprint density at radius 2 is 2.32 bits per heavy atom. The number of rotatable bonds is 5. The molecule has 8 heteroatoms. The van der Waals surface area contributed by atoms with Crippen LogP contribution < -0.4 is 10.6 Å². The maximum absolute atomic E-state index is 13.2. The number of halogens is 1. The van der Waals surface area contributed by atoms with Crippen LogP contribution in [-0.2, 0) is 17.6 Å². The van der Waals surface area contributed by atoms with Crippen molar-refractivity contribution in [2.75, 3.05) is 13.1 Å². The maximum atomic E-state index is 13.2. The van der Waals surface area contributed by atoms with Gasteiger partial charge in [-0.25, -0.2) is 14.4 Å². The largest absolute Gasteiger partial charge is 0.354 e. The second-order valence-corrected chi connectivity index (χ2v) is 6.14. The monoisotopic (exact) mass is 342 g/mol. The predicted molar refractivity (Wildman–Crippen MR) is 90.4 cm³/mol. The van der Waals surface area contributed by atoms with Crippen molar-refractivity contribution in [3.05, 3.63) is 47.6 Å². The summed E-state index contributed by atoms with van der Waals surface area (Å²) in [5, 5.41) is 6.13. The van der Waals surface area contributed by atoms with Gasteiger partial charge in [0.15, 0.2) is 0 Å². The molecule has 0 saturated heterocycles. The molecule has 0 spiro atoms. The van der Waals surface area contributed by atoms with E-state index in [4.69, 9.17) is 0 Å². The zero-order valence-electron chi connectivity index (χ0n) is 13.6. The number of aromatic amines is 2. The fraction of sp³-hybridized carbons (Fsp3) is 0.353. The smallest absolute Gasteiger partial charge is 0.243 e. The van der Waals surface area contributed by atoms with E-state index in [0.717, 1.165) is 42.1 Å². The summed E-state index contributed by atoms with van der Waals surface area (Å²) in [5.41, 5.74) is 3.24. The third-order valence-electron chi connectivity index (χ3n) is 4.39. The normalized spacial score (nSPS) is 16.8. The van der Waals surface area contributed by atoms with Gasteiger partial charge < -0.3 is 20.6 Å². The Labute approximate surface area is 143 Å². The number of H-pyrrole nitrogens is 2. The maximum Gasteiger partial charge on any atom is 0.243 e. The molecule has 1 aromatic carbocycles. The van der Waals surface area contributed by atoms with Gasteiger partial charge in [0.25, 0.3) is 0 Å². The second kappa shape index (κ2) is 6.64. The van der Waals surface area contributed by atoms with Crippen molar-refractivity contribution in [3.8, 4) is 0 Å². The van der Waals surface area contributed by atoms with Gasteiger partial charge in [-0.1, -0.05) is 0 Å². The molecule has 0 bridgehead atoms. The molecule has 4 rings (SSSR count). The first kappa shape index (κ1) is 15.8. The number of imidazole rings is 2. The van der Waals surface area contributed by atoms with Crippen LogP contribution in [0.25, 0.3) is 11.0 Å². The predicted octanol–water partition coefficient (Wildman–Crippen LogP) is 1.36. The average Bonchev–Trinajstić information content (AvgIpc) is 3.23. The zero-order chi connectivity index (χ0) is 17.2. The number of carbonyl (C=O) groups is 1. The van der Waals surface area contributed by atoms with Gasteiger partial charge in [-0.05, 0) is 24.6 Å². The molecule has 25 heavy (non-hydrogen) atoms. The number of nitrogens with one attached hydrogen (secondary N) is 4. The number of carbonyl (C=O) groups excluding carboxylic acids is 1. The fourth-order valence-electron chi connectivity index (χ4n) is 3.16. The van der Waals surface area contributed by atoms with Gasteiger partial charge in [0.2, 0.25) is 5.91 Å². The third-order valence-corrected chi connectivity index (χ3v) is 4.39. The van der Waals surface area contributed by atoms with E-state index in [2.05, 4.69) is 30.6 Å². The third kappa shape index (κ3) is 3.25. The van der Waals surface area contributed by atoms with Crippen LogP contribution in [0.15, 0.2) is 24.5 Å². The van der Waals surface area contributed by atoms with Crippen LogP contribution in [-0.4, -0.2) is 38.9 Å². The van der Waals surface area contributed by atoms with Crippen LogP contribution in [0.4, 0.5) is 4.39 Å². The number of fused-ring (bicyclic) bond motifs is 2. The Balaban J connectivity index is 1.30. The fourth-order valence-corrected chi connectivity index (χ4v) is 3.16. The highest BCUT2D eigenvalue weighted by Crippen LogP contribution is 2.19. The van der Waals surface area contributed by atoms with Gasteiger partial charge >= 0.3 is 0 Å². The number of aryl methyl sites for hydroxylation is 1. The van der Waals surface area contributed by atoms with E-state index in [0.29, 0.717) is 18.5 Å². The molecule has 0 fully saturated rings. The summed E-state index contributed by atoms with van der Waals surface area (Å²) in [5.74, 6) is 0.438. The summed E-state index contributed by atoms with van der Waals surface area (Å²) in [6.07, 6.45) is 3.91. The van der Waals surface area contributed by atoms with Crippen LogP contribution in [0.3, 0.4) is 0 Å². The van der Waals surface area contributed by atoms with E-state index < -0.39 is 6.04 Å². The number of aromatic nitrogens is 4. The number of hydrogen-bond donors (Lipinski definition) is 4. The van der Waals surface area contributed by atoms with Crippen LogP contribution >= 0.6 is 0 Å². The summed E-state index contributed by atoms with van der Waals surface area (Å²) in [6.45, 7) is 1.30. The Bertz CT molecular complexity index is 902. The molecule has 4 N–H and O–H groups in total. The topological polar surface area (TPSA) is 98.5 Å². The molecule has 2 aromatic heterocycles. The van der Waals surface area contributed by atoms with Gasteiger partial charge in [-0.2, -0.15) is 0 Å². The molecular formula is C17H19FN6O. The Hall–Kier alpha value is -2.74. The minimum absolute atomic E-state index is 0.0697. The van der Waals surface area contributed by atoms with E-state index in [1.165, 1.54) is 12.1 Å². The van der Waals surface area contributed by atoms with Crippen molar-refractivity contribution in [1.29, 1.82) is 0 Å². The number of nitrogens with zero attached hydrogens (tertiary/aromatic N) is 2. The van der Waals surface area contributed by atoms with Gasteiger partial charge in [0.05, 0.1) is 23.1 Å². The van der Waals surface area contributed by atoms with Crippen LogP contribution in [0, 0.1) is 5.82 Å². The van der Waals surface area contributed by atoms with Crippen molar-refractivity contribution in [3.63, 3.8) is 0 Å². The van der Waals surface area contributed by atoms with E-state index in [1.807, 2.05) is 0 Å². The molecule has 3 heterocycles. The first-order valence-electron chi connectivity index (χ1n) is 8.38. The molecule has 3 aromatic rings. The highest BCUT2D eigenvalue weighted by molar-refractivity contribution is 5.83. The molecule has 1 aliphatic heterocycles. The number of amides is 1. The van der Waals surface area contributed by atoms with Crippen LogP contribution in [0.5, 0.6) is 0 Å². The highest BCUT2D eigenvalue weighted by atomic mass is 19.1. The lowest BCUT2D eigenvalue weighted by molar-refractivity contribution is -0.123. The van der Waals surface area contributed by atoms with Crippen molar-refractivity contribution in [2.45, 2.75) is 25.3 Å². The van der Waals surface area contributed by atoms with E-state index in [9.17, 15) is 9.18 Å². The number of hydrogen-bond acceptors (Lipinski definition) is 4. The van der Waals surface area contributed by atoms with Crippen LogP contribution in [0.1, 0.15) is 29.7 Å². The molecular weight excluding hydrogens is 323 g/mol. The minimum atomic E-state index is -0.399. The van der Waals surface area contributed by atoms with Crippen molar-refractivity contribution in [1.82, 2.24) is 30.6 Å². The molecule has 0 aliphatic carbocycles. The van der Waals surface area contributed by atoms with Gasteiger partial charge in [-0.3, -0.25) is 4.79 Å². The first-order chi connectivity index (χ1) is 12.2. The highest BCUT2D eigenvalue weighted by Gasteiger charge is 2.27. The Morgan fingerprint density at radius 1 is 1.40 bits per heavy atom. The zero-order valence-corrected chi connectivity index (χ0v) is 13.6. The van der Waals surface area contributed by atoms with Gasteiger partial charge in [-0.15, -0.1) is 0 Å². The van der Waals surface area contributed by atoms with Crippen molar-refractivity contribution < 1.29 is 9.18 Å². The van der Waals surface area contributed by atoms with Gasteiger partial charge in [0.1, 0.15) is 17.7 Å². The quantitative estimate of drug-likeness (QED) is 0.526. The molecule has 0 radical (unpaired) electrons. The molecule has 0 saturated carbocycles. The SMILES string of the molecule is O=C(NCCCc1nc2ccc(F)cc2[nH]1)C1NCCc2[nH]cnc21. The molecule has 1 atom stereocenters. The molecule has 1 aliphatic rings. The van der Waals surface area contributed by atoms with E-state index in [-0.39, 0.29) is 11.7 Å². The summed E-state index contributed by atoms with van der Waals surface area (Å²) in [6, 6.07) is 4.09. The van der Waals surface area contributed by atoms with Crippen molar-refractivity contribution >= 4 is 16.9 Å². The molecule has 130 valence electrons. The lowest BCUT2D eigenvalue weighted by Crippen LogP contribution is -2.41. The number of benzene rings is 1. The lowest BCUT2D eigenvalue weighted by Gasteiger charge is -2.22. The standard InChI is InChI=1S/C17H19FN6O/c18-10-3-4-11-13(8-10)24-14(23-11)2-1-6-20-17(25)16-15-12(5-7-19-16)21-9-22-15/h3-4,8-9,16,19H,1-2,5-7H2,(H,20,25)(H,21,22)(H,23,24). The summed E-state index contributed by atoms with van der Waals surface area (Å²) in [4.78, 5) is 27.2.